The number of likely N-dealkylation sites (tertiary alicyclic amines) is 1. The van der Waals surface area contributed by atoms with Crippen molar-refractivity contribution in [3.63, 3.8) is 0 Å². The van der Waals surface area contributed by atoms with Crippen LogP contribution in [0.1, 0.15) is 51.8 Å². The minimum absolute atomic E-state index is 0.120. The average molecular weight is 409 g/mol. The molecule has 160 valence electrons. The van der Waals surface area contributed by atoms with Gasteiger partial charge in [0.25, 0.3) is 0 Å². The number of allylic oxidation sites excluding steroid dienone is 1. The van der Waals surface area contributed by atoms with Crippen molar-refractivity contribution in [2.24, 2.45) is 10.4 Å². The van der Waals surface area contributed by atoms with Gasteiger partial charge in [-0.05, 0) is 70.5 Å². The number of benzene rings is 1. The third kappa shape index (κ3) is 4.93. The number of ether oxygens (including phenoxy) is 1. The zero-order valence-corrected chi connectivity index (χ0v) is 18.2. The van der Waals surface area contributed by atoms with Crippen LogP contribution in [0.3, 0.4) is 0 Å². The number of nitrogens with one attached hydrogen (secondary N) is 1. The van der Waals surface area contributed by atoms with Gasteiger partial charge in [-0.3, -0.25) is 9.79 Å². The normalized spacial score (nSPS) is 21.6. The molecule has 0 spiro atoms. The van der Waals surface area contributed by atoms with Crippen molar-refractivity contribution in [1.82, 2.24) is 15.1 Å². The van der Waals surface area contributed by atoms with Crippen LogP contribution in [-0.2, 0) is 4.79 Å². The first-order chi connectivity index (χ1) is 14.4. The Morgan fingerprint density at radius 2 is 1.87 bits per heavy atom. The van der Waals surface area contributed by atoms with E-state index in [1.807, 2.05) is 45.0 Å². The molecule has 3 aliphatic heterocycles. The highest BCUT2D eigenvalue weighted by Gasteiger charge is 2.26. The molecular weight excluding hydrogens is 376 g/mol. The highest BCUT2D eigenvalue weighted by molar-refractivity contribution is 6.10. The molecular formula is C24H32N4O2. The largest absolute Gasteiger partial charge is 0.426 e. The highest BCUT2D eigenvalue weighted by Crippen LogP contribution is 2.27. The van der Waals surface area contributed by atoms with Crippen LogP contribution in [-0.4, -0.2) is 47.7 Å². The summed E-state index contributed by atoms with van der Waals surface area (Å²) in [5, 5.41) is 3.50. The topological polar surface area (TPSA) is 57.2 Å². The van der Waals surface area contributed by atoms with Crippen LogP contribution in [0.4, 0.5) is 0 Å². The second-order valence-electron chi connectivity index (χ2n) is 9.27. The van der Waals surface area contributed by atoms with E-state index in [2.05, 4.69) is 33.6 Å². The fraction of sp³-hybridized carbons (Fsp3) is 0.500. The number of hydrogen-bond acceptors (Lipinski definition) is 6. The van der Waals surface area contributed by atoms with Crippen molar-refractivity contribution >= 4 is 11.7 Å². The Labute approximate surface area is 179 Å². The number of piperidine rings is 1. The molecule has 0 aliphatic carbocycles. The van der Waals surface area contributed by atoms with Crippen molar-refractivity contribution in [3.8, 4) is 5.75 Å². The maximum Gasteiger partial charge on any atom is 0.316 e. The van der Waals surface area contributed by atoms with Crippen LogP contribution >= 0.6 is 0 Å². The van der Waals surface area contributed by atoms with E-state index in [9.17, 15) is 4.79 Å². The van der Waals surface area contributed by atoms with Gasteiger partial charge < -0.3 is 19.9 Å². The molecule has 6 heteroatoms. The Morgan fingerprint density at radius 3 is 2.57 bits per heavy atom. The average Bonchev–Trinajstić information content (AvgIpc) is 3.16. The molecule has 0 radical (unpaired) electrons. The second kappa shape index (κ2) is 8.64. The summed E-state index contributed by atoms with van der Waals surface area (Å²) < 4.78 is 5.45. The maximum atomic E-state index is 12.1. The summed E-state index contributed by atoms with van der Waals surface area (Å²) in [5.41, 5.74) is 2.56. The Kier molecular flexibility index (Phi) is 5.95. The lowest BCUT2D eigenvalue weighted by atomic mass is 9.97. The smallest absolute Gasteiger partial charge is 0.316 e. The number of fused-ring (bicyclic) bond motifs is 1. The molecule has 1 atom stereocenters. The minimum Gasteiger partial charge on any atom is -0.426 e. The molecule has 6 nitrogen and oxygen atoms in total. The molecule has 1 aromatic carbocycles. The molecule has 1 fully saturated rings. The first-order valence-corrected chi connectivity index (χ1v) is 10.9. The standard InChI is InChI=1S/C24H32N4O2/c1-24(2,3)23(29)30-19-9-7-18(8-10-19)22-25-20-11-14-28(17-21(20)26-22)16-15-27-12-5-4-6-13-27/h7-11,14,17,22,26H,4-6,12-13,15-16H2,1-3H3. The quantitative estimate of drug-likeness (QED) is 0.593. The number of rotatable bonds is 5. The fourth-order valence-electron chi connectivity index (χ4n) is 3.79. The molecule has 30 heavy (non-hydrogen) atoms. The van der Waals surface area contributed by atoms with Gasteiger partial charge in [0.15, 0.2) is 0 Å². The molecule has 3 heterocycles. The van der Waals surface area contributed by atoms with Gasteiger partial charge in [0.2, 0.25) is 0 Å². The van der Waals surface area contributed by atoms with E-state index in [1.54, 1.807) is 0 Å². The van der Waals surface area contributed by atoms with Gasteiger partial charge >= 0.3 is 5.97 Å². The van der Waals surface area contributed by atoms with Crippen LogP contribution in [0.5, 0.6) is 5.75 Å². The van der Waals surface area contributed by atoms with Gasteiger partial charge in [0.05, 0.1) is 16.8 Å². The number of carbonyl (C=O) groups is 1. The van der Waals surface area contributed by atoms with E-state index in [1.165, 1.54) is 32.4 Å². The van der Waals surface area contributed by atoms with Gasteiger partial charge in [-0.1, -0.05) is 18.6 Å². The first kappa shape index (κ1) is 20.7. The van der Waals surface area contributed by atoms with Gasteiger partial charge in [-0.2, -0.15) is 0 Å². The van der Waals surface area contributed by atoms with Gasteiger partial charge in [0, 0.05) is 25.5 Å². The molecule has 0 aromatic heterocycles. The Bertz CT molecular complexity index is 858. The monoisotopic (exact) mass is 408 g/mol. The van der Waals surface area contributed by atoms with Crippen molar-refractivity contribution in [2.45, 2.75) is 46.2 Å². The van der Waals surface area contributed by atoms with Gasteiger partial charge in [-0.25, -0.2) is 0 Å². The lowest BCUT2D eigenvalue weighted by Gasteiger charge is -2.29. The van der Waals surface area contributed by atoms with Crippen molar-refractivity contribution in [1.29, 1.82) is 0 Å². The van der Waals surface area contributed by atoms with E-state index >= 15 is 0 Å². The second-order valence-corrected chi connectivity index (χ2v) is 9.27. The highest BCUT2D eigenvalue weighted by atomic mass is 16.5. The molecule has 1 N–H and O–H groups in total. The third-order valence-corrected chi connectivity index (χ3v) is 5.70. The summed E-state index contributed by atoms with van der Waals surface area (Å²) in [7, 11) is 0. The van der Waals surface area contributed by atoms with Crippen molar-refractivity contribution in [3.05, 3.63) is 54.0 Å². The number of nitrogens with zero attached hydrogens (tertiary/aromatic N) is 3. The van der Waals surface area contributed by atoms with E-state index in [0.29, 0.717) is 5.75 Å². The maximum absolute atomic E-state index is 12.1. The van der Waals surface area contributed by atoms with Gasteiger partial charge in [0.1, 0.15) is 11.9 Å². The fourth-order valence-corrected chi connectivity index (χ4v) is 3.79. The van der Waals surface area contributed by atoms with Crippen LogP contribution in [0.25, 0.3) is 0 Å². The van der Waals surface area contributed by atoms with E-state index < -0.39 is 5.41 Å². The minimum atomic E-state index is -0.522. The zero-order valence-electron chi connectivity index (χ0n) is 18.2. The number of aliphatic imine (C=N–C) groups is 1. The molecule has 1 unspecified atom stereocenters. The predicted octanol–water partition coefficient (Wildman–Crippen LogP) is 3.84. The molecule has 1 aromatic rings. The van der Waals surface area contributed by atoms with E-state index in [4.69, 9.17) is 9.73 Å². The van der Waals surface area contributed by atoms with Crippen LogP contribution in [0.2, 0.25) is 0 Å². The number of esters is 1. The zero-order chi connectivity index (χ0) is 21.1. The Hall–Kier alpha value is -2.60. The Balaban J connectivity index is 1.34. The summed E-state index contributed by atoms with van der Waals surface area (Å²) in [6.07, 6.45) is 10.3. The summed E-state index contributed by atoms with van der Waals surface area (Å²) in [5.74, 6) is 0.324. The molecule has 1 saturated heterocycles. The van der Waals surface area contributed by atoms with Crippen LogP contribution in [0.15, 0.2) is 53.4 Å². The SMILES string of the molecule is CC(C)(C)C(=O)Oc1ccc(C2N=C3C=CN(CCN4CCCCC4)C=C3N2)cc1. The lowest BCUT2D eigenvalue weighted by molar-refractivity contribution is -0.142. The lowest BCUT2D eigenvalue weighted by Crippen LogP contribution is -2.36. The number of carbonyl (C=O) groups excluding carboxylic acids is 1. The summed E-state index contributed by atoms with van der Waals surface area (Å²) in [4.78, 5) is 21.6. The van der Waals surface area contributed by atoms with E-state index in [-0.39, 0.29) is 12.1 Å². The first-order valence-electron chi connectivity index (χ1n) is 10.9. The van der Waals surface area contributed by atoms with Crippen molar-refractivity contribution in [2.75, 3.05) is 26.2 Å². The van der Waals surface area contributed by atoms with Crippen LogP contribution < -0.4 is 10.1 Å². The summed E-state index contributed by atoms with van der Waals surface area (Å²) in [6.45, 7) is 10.1. The van der Waals surface area contributed by atoms with Crippen LogP contribution in [0, 0.1) is 5.41 Å². The summed E-state index contributed by atoms with van der Waals surface area (Å²) >= 11 is 0. The number of hydrogen-bond donors (Lipinski definition) is 1. The molecule has 3 aliphatic rings. The third-order valence-electron chi connectivity index (χ3n) is 5.70. The molecule has 0 saturated carbocycles. The predicted molar refractivity (Wildman–Crippen MR) is 119 cm³/mol. The summed E-state index contributed by atoms with van der Waals surface area (Å²) in [6, 6.07) is 7.58. The molecule has 0 bridgehead atoms. The van der Waals surface area contributed by atoms with E-state index in [0.717, 1.165) is 30.1 Å². The van der Waals surface area contributed by atoms with Gasteiger partial charge in [-0.15, -0.1) is 0 Å². The molecule has 0 amide bonds. The molecule has 4 rings (SSSR count). The van der Waals surface area contributed by atoms with Crippen molar-refractivity contribution < 1.29 is 9.53 Å². The Morgan fingerprint density at radius 1 is 1.13 bits per heavy atom.